The maximum Gasteiger partial charge on any atom is 0.260 e. The van der Waals surface area contributed by atoms with Gasteiger partial charge in [0.1, 0.15) is 0 Å². The van der Waals surface area contributed by atoms with Crippen LogP contribution in [-0.2, 0) is 4.79 Å². The van der Waals surface area contributed by atoms with Gasteiger partial charge in [-0.05, 0) is 26.0 Å². The number of rotatable bonds is 6. The summed E-state index contributed by atoms with van der Waals surface area (Å²) >= 11 is 0. The zero-order valence-electron chi connectivity index (χ0n) is 10.6. The fourth-order valence-electron chi connectivity index (χ4n) is 1.55. The van der Waals surface area contributed by atoms with Gasteiger partial charge in [0, 0.05) is 13.1 Å². The lowest BCUT2D eigenvalue weighted by Gasteiger charge is -2.19. The minimum atomic E-state index is -0.0130. The van der Waals surface area contributed by atoms with Crippen molar-refractivity contribution in [3.05, 3.63) is 24.3 Å². The van der Waals surface area contributed by atoms with E-state index in [2.05, 4.69) is 0 Å². The second-order valence-corrected chi connectivity index (χ2v) is 3.51. The van der Waals surface area contributed by atoms with Gasteiger partial charge in [-0.15, -0.1) is 0 Å². The summed E-state index contributed by atoms with van der Waals surface area (Å²) < 4.78 is 10.6. The topological polar surface area (TPSA) is 38.8 Å². The summed E-state index contributed by atoms with van der Waals surface area (Å²) in [6, 6.07) is 7.29. The van der Waals surface area contributed by atoms with E-state index in [0.29, 0.717) is 24.6 Å². The first kappa shape index (κ1) is 13.4. The molecule has 0 bridgehead atoms. The van der Waals surface area contributed by atoms with Crippen molar-refractivity contribution in [1.29, 1.82) is 0 Å². The Morgan fingerprint density at radius 3 is 2.29 bits per heavy atom. The second-order valence-electron chi connectivity index (χ2n) is 3.51. The Morgan fingerprint density at radius 2 is 1.76 bits per heavy atom. The zero-order valence-corrected chi connectivity index (χ0v) is 10.6. The van der Waals surface area contributed by atoms with Crippen molar-refractivity contribution in [1.82, 2.24) is 4.90 Å². The average Bonchev–Trinajstić information content (AvgIpc) is 2.38. The van der Waals surface area contributed by atoms with Gasteiger partial charge in [0.05, 0.1) is 7.11 Å². The summed E-state index contributed by atoms with van der Waals surface area (Å²) in [5.74, 6) is 1.22. The normalized spacial score (nSPS) is 9.82. The van der Waals surface area contributed by atoms with Crippen LogP contribution in [0.4, 0.5) is 0 Å². The lowest BCUT2D eigenvalue weighted by atomic mass is 10.3. The van der Waals surface area contributed by atoms with Gasteiger partial charge < -0.3 is 14.4 Å². The highest BCUT2D eigenvalue weighted by atomic mass is 16.5. The number of methoxy groups -OCH3 is 1. The molecule has 4 nitrogen and oxygen atoms in total. The van der Waals surface area contributed by atoms with Gasteiger partial charge in [0.2, 0.25) is 0 Å². The molecule has 0 fully saturated rings. The van der Waals surface area contributed by atoms with Crippen LogP contribution in [0.1, 0.15) is 13.8 Å². The first-order chi connectivity index (χ1) is 8.22. The summed E-state index contributed by atoms with van der Waals surface area (Å²) in [4.78, 5) is 13.5. The summed E-state index contributed by atoms with van der Waals surface area (Å²) in [7, 11) is 1.58. The van der Waals surface area contributed by atoms with Gasteiger partial charge in [-0.25, -0.2) is 0 Å². The Hall–Kier alpha value is -1.71. The molecule has 1 amide bonds. The highest BCUT2D eigenvalue weighted by Crippen LogP contribution is 2.25. The molecule has 4 heteroatoms. The first-order valence-electron chi connectivity index (χ1n) is 5.76. The van der Waals surface area contributed by atoms with Crippen molar-refractivity contribution in [2.24, 2.45) is 0 Å². The predicted octanol–water partition coefficient (Wildman–Crippen LogP) is 1.94. The Labute approximate surface area is 102 Å². The van der Waals surface area contributed by atoms with Gasteiger partial charge in [-0.1, -0.05) is 12.1 Å². The molecule has 1 rings (SSSR count). The van der Waals surface area contributed by atoms with Crippen molar-refractivity contribution in [2.45, 2.75) is 13.8 Å². The summed E-state index contributed by atoms with van der Waals surface area (Å²) in [5, 5.41) is 0. The van der Waals surface area contributed by atoms with Crippen LogP contribution in [0.2, 0.25) is 0 Å². The van der Waals surface area contributed by atoms with Crippen LogP contribution in [0.25, 0.3) is 0 Å². The monoisotopic (exact) mass is 237 g/mol. The number of para-hydroxylation sites is 2. The molecule has 0 saturated carbocycles. The Balaban J connectivity index is 2.58. The van der Waals surface area contributed by atoms with Crippen LogP contribution in [0, 0.1) is 0 Å². The van der Waals surface area contributed by atoms with Crippen LogP contribution in [-0.4, -0.2) is 37.6 Å². The SMILES string of the molecule is CCN(CC)C(=O)COc1ccccc1OC. The standard InChI is InChI=1S/C13H19NO3/c1-4-14(5-2)13(15)10-17-12-9-7-6-8-11(12)16-3/h6-9H,4-5,10H2,1-3H3. The van der Waals surface area contributed by atoms with E-state index in [0.717, 1.165) is 0 Å². The molecular formula is C13H19NO3. The number of likely N-dealkylation sites (N-methyl/N-ethyl adjacent to an activating group) is 1. The lowest BCUT2D eigenvalue weighted by Crippen LogP contribution is -2.34. The number of amides is 1. The number of hydrogen-bond acceptors (Lipinski definition) is 3. The largest absolute Gasteiger partial charge is 0.493 e. The fraction of sp³-hybridized carbons (Fsp3) is 0.462. The summed E-state index contributed by atoms with van der Waals surface area (Å²) in [5.41, 5.74) is 0. The Morgan fingerprint density at radius 1 is 1.18 bits per heavy atom. The molecule has 1 aromatic carbocycles. The molecule has 0 spiro atoms. The molecule has 94 valence electrons. The van der Waals surface area contributed by atoms with Crippen LogP contribution in [0.5, 0.6) is 11.5 Å². The Kier molecular flexibility index (Phi) is 5.33. The van der Waals surface area contributed by atoms with Crippen LogP contribution >= 0.6 is 0 Å². The third kappa shape index (κ3) is 3.66. The first-order valence-corrected chi connectivity index (χ1v) is 5.76. The lowest BCUT2D eigenvalue weighted by molar-refractivity contribution is -0.132. The van der Waals surface area contributed by atoms with Gasteiger partial charge in [-0.3, -0.25) is 4.79 Å². The van der Waals surface area contributed by atoms with E-state index in [1.807, 2.05) is 26.0 Å². The third-order valence-electron chi connectivity index (χ3n) is 2.54. The van der Waals surface area contributed by atoms with E-state index in [-0.39, 0.29) is 12.5 Å². The maximum atomic E-state index is 11.7. The number of ether oxygens (including phenoxy) is 2. The van der Waals surface area contributed by atoms with Gasteiger partial charge in [0.15, 0.2) is 18.1 Å². The van der Waals surface area contributed by atoms with Crippen molar-refractivity contribution in [3.8, 4) is 11.5 Å². The molecule has 0 aromatic heterocycles. The fourth-order valence-corrected chi connectivity index (χ4v) is 1.55. The summed E-state index contributed by atoms with van der Waals surface area (Å²) in [6.07, 6.45) is 0. The number of carbonyl (C=O) groups is 1. The van der Waals surface area contributed by atoms with Crippen molar-refractivity contribution < 1.29 is 14.3 Å². The second kappa shape index (κ2) is 6.78. The molecule has 0 aliphatic carbocycles. The molecule has 0 atom stereocenters. The quantitative estimate of drug-likeness (QED) is 0.759. The predicted molar refractivity (Wildman–Crippen MR) is 66.4 cm³/mol. The van der Waals surface area contributed by atoms with Crippen molar-refractivity contribution >= 4 is 5.91 Å². The molecule has 0 N–H and O–H groups in total. The van der Waals surface area contributed by atoms with E-state index in [9.17, 15) is 4.79 Å². The molecular weight excluding hydrogens is 218 g/mol. The van der Waals surface area contributed by atoms with Gasteiger partial charge >= 0.3 is 0 Å². The van der Waals surface area contributed by atoms with Crippen LogP contribution in [0.15, 0.2) is 24.3 Å². The van der Waals surface area contributed by atoms with E-state index in [1.165, 1.54) is 0 Å². The number of carbonyl (C=O) groups excluding carboxylic acids is 1. The molecule has 0 aliphatic heterocycles. The van der Waals surface area contributed by atoms with Crippen molar-refractivity contribution in [2.75, 3.05) is 26.8 Å². The number of benzene rings is 1. The molecule has 0 unspecified atom stereocenters. The molecule has 1 aromatic rings. The highest BCUT2D eigenvalue weighted by molar-refractivity contribution is 5.77. The van der Waals surface area contributed by atoms with E-state index in [1.54, 1.807) is 24.1 Å². The molecule has 0 radical (unpaired) electrons. The van der Waals surface area contributed by atoms with E-state index < -0.39 is 0 Å². The molecule has 17 heavy (non-hydrogen) atoms. The van der Waals surface area contributed by atoms with Crippen molar-refractivity contribution in [3.63, 3.8) is 0 Å². The van der Waals surface area contributed by atoms with E-state index in [4.69, 9.17) is 9.47 Å². The minimum Gasteiger partial charge on any atom is -0.493 e. The van der Waals surface area contributed by atoms with Crippen LogP contribution < -0.4 is 9.47 Å². The molecule has 0 saturated heterocycles. The minimum absolute atomic E-state index is 0.0130. The smallest absolute Gasteiger partial charge is 0.260 e. The molecule has 0 heterocycles. The Bertz CT molecular complexity index is 361. The highest BCUT2D eigenvalue weighted by Gasteiger charge is 2.11. The van der Waals surface area contributed by atoms with Gasteiger partial charge in [-0.2, -0.15) is 0 Å². The van der Waals surface area contributed by atoms with Crippen LogP contribution in [0.3, 0.4) is 0 Å². The zero-order chi connectivity index (χ0) is 12.7. The van der Waals surface area contributed by atoms with E-state index >= 15 is 0 Å². The number of nitrogens with zero attached hydrogens (tertiary/aromatic N) is 1. The number of hydrogen-bond donors (Lipinski definition) is 0. The third-order valence-corrected chi connectivity index (χ3v) is 2.54. The average molecular weight is 237 g/mol. The maximum absolute atomic E-state index is 11.7. The summed E-state index contributed by atoms with van der Waals surface area (Å²) in [6.45, 7) is 5.34. The van der Waals surface area contributed by atoms with Gasteiger partial charge in [0.25, 0.3) is 5.91 Å². The molecule has 0 aliphatic rings.